The lowest BCUT2D eigenvalue weighted by atomic mass is 10.0. The number of amides is 1. The van der Waals surface area contributed by atoms with E-state index in [2.05, 4.69) is 29.2 Å². The zero-order valence-electron chi connectivity index (χ0n) is 18.4. The van der Waals surface area contributed by atoms with E-state index >= 15 is 0 Å². The fourth-order valence-electron chi connectivity index (χ4n) is 4.52. The average Bonchev–Trinajstić information content (AvgIpc) is 3.32. The molecular formula is C27H31NO3. The molecular weight excluding hydrogens is 386 g/mol. The number of ether oxygens (including phenoxy) is 2. The first kappa shape index (κ1) is 21.4. The van der Waals surface area contributed by atoms with E-state index in [4.69, 9.17) is 9.47 Å². The molecule has 0 bridgehead atoms. The van der Waals surface area contributed by atoms with E-state index in [1.807, 2.05) is 49.4 Å². The lowest BCUT2D eigenvalue weighted by Crippen LogP contribution is -2.38. The van der Waals surface area contributed by atoms with Crippen molar-refractivity contribution in [1.29, 1.82) is 0 Å². The predicted molar refractivity (Wildman–Crippen MR) is 124 cm³/mol. The maximum absolute atomic E-state index is 13.7. The van der Waals surface area contributed by atoms with E-state index in [0.29, 0.717) is 19.2 Å². The molecule has 162 valence electrons. The Balaban J connectivity index is 1.56. The molecule has 4 rings (SSSR count). The molecule has 0 spiro atoms. The van der Waals surface area contributed by atoms with Crippen LogP contribution in [0.2, 0.25) is 0 Å². The Morgan fingerprint density at radius 1 is 1.00 bits per heavy atom. The third kappa shape index (κ3) is 5.08. The van der Waals surface area contributed by atoms with Crippen LogP contribution in [0.15, 0.2) is 66.7 Å². The van der Waals surface area contributed by atoms with Crippen LogP contribution in [-0.2, 0) is 11.3 Å². The lowest BCUT2D eigenvalue weighted by molar-refractivity contribution is 0.0666. The fourth-order valence-corrected chi connectivity index (χ4v) is 4.52. The number of carbonyl (C=O) groups is 1. The Labute approximate surface area is 184 Å². The Morgan fingerprint density at radius 3 is 2.45 bits per heavy atom. The van der Waals surface area contributed by atoms with Crippen LogP contribution in [0.25, 0.3) is 10.8 Å². The van der Waals surface area contributed by atoms with E-state index in [1.165, 1.54) is 12.8 Å². The topological polar surface area (TPSA) is 38.8 Å². The van der Waals surface area contributed by atoms with Crippen LogP contribution in [0.5, 0.6) is 5.75 Å². The largest absolute Gasteiger partial charge is 0.488 e. The van der Waals surface area contributed by atoms with Gasteiger partial charge in [0.25, 0.3) is 5.91 Å². The van der Waals surface area contributed by atoms with Crippen LogP contribution in [0.1, 0.15) is 48.5 Å². The molecule has 4 nitrogen and oxygen atoms in total. The molecule has 1 atom stereocenters. The summed E-state index contributed by atoms with van der Waals surface area (Å²) >= 11 is 0. The number of nitrogens with zero attached hydrogens (tertiary/aromatic N) is 1. The van der Waals surface area contributed by atoms with Crippen molar-refractivity contribution in [3.63, 3.8) is 0 Å². The number of methoxy groups -OCH3 is 1. The third-order valence-electron chi connectivity index (χ3n) is 6.06. The second-order valence-corrected chi connectivity index (χ2v) is 8.43. The highest BCUT2D eigenvalue weighted by Crippen LogP contribution is 2.29. The van der Waals surface area contributed by atoms with Crippen molar-refractivity contribution < 1.29 is 14.3 Å². The Morgan fingerprint density at radius 2 is 1.71 bits per heavy atom. The van der Waals surface area contributed by atoms with Crippen LogP contribution in [-0.4, -0.2) is 36.7 Å². The summed E-state index contributed by atoms with van der Waals surface area (Å²) in [4.78, 5) is 15.8. The van der Waals surface area contributed by atoms with Crippen molar-refractivity contribution in [3.05, 3.63) is 77.9 Å². The maximum Gasteiger partial charge on any atom is 0.255 e. The first-order valence-corrected chi connectivity index (χ1v) is 11.2. The summed E-state index contributed by atoms with van der Waals surface area (Å²) in [6, 6.07) is 22.5. The summed E-state index contributed by atoms with van der Waals surface area (Å²) in [5.74, 6) is 0.943. The SMILES string of the molecule is COC[C@H](C)Oc1ccc(CN(C(=O)c2cccc3ccccc23)C2CCCC2)cc1. The number of carbonyl (C=O) groups excluding carboxylic acids is 1. The van der Waals surface area contributed by atoms with Gasteiger partial charge < -0.3 is 14.4 Å². The maximum atomic E-state index is 13.7. The van der Waals surface area contributed by atoms with E-state index in [-0.39, 0.29) is 12.0 Å². The van der Waals surface area contributed by atoms with E-state index in [9.17, 15) is 4.79 Å². The molecule has 3 aromatic rings. The molecule has 4 heteroatoms. The molecule has 0 unspecified atom stereocenters. The van der Waals surface area contributed by atoms with Gasteiger partial charge in [0.15, 0.2) is 0 Å². The summed E-state index contributed by atoms with van der Waals surface area (Å²) in [6.45, 7) is 3.15. The molecule has 1 aliphatic rings. The van der Waals surface area contributed by atoms with Gasteiger partial charge in [-0.15, -0.1) is 0 Å². The molecule has 3 aromatic carbocycles. The Bertz CT molecular complexity index is 1000. The van der Waals surface area contributed by atoms with Gasteiger partial charge in [-0.1, -0.05) is 61.4 Å². The van der Waals surface area contributed by atoms with Gasteiger partial charge in [-0.05, 0) is 54.3 Å². The molecule has 1 amide bonds. The monoisotopic (exact) mass is 417 g/mol. The summed E-state index contributed by atoms with van der Waals surface area (Å²) in [5.41, 5.74) is 1.91. The van der Waals surface area contributed by atoms with Crippen LogP contribution in [0.3, 0.4) is 0 Å². The minimum Gasteiger partial charge on any atom is -0.488 e. The van der Waals surface area contributed by atoms with Crippen LogP contribution in [0.4, 0.5) is 0 Å². The number of benzene rings is 3. The van der Waals surface area contributed by atoms with E-state index in [1.54, 1.807) is 7.11 Å². The molecule has 0 saturated heterocycles. The second-order valence-electron chi connectivity index (χ2n) is 8.43. The molecule has 0 N–H and O–H groups in total. The van der Waals surface area contributed by atoms with Crippen molar-refractivity contribution in [2.75, 3.05) is 13.7 Å². The normalized spacial score (nSPS) is 15.2. The molecule has 0 radical (unpaired) electrons. The van der Waals surface area contributed by atoms with Gasteiger partial charge in [-0.25, -0.2) is 0 Å². The predicted octanol–water partition coefficient (Wildman–Crippen LogP) is 5.84. The molecule has 1 aliphatic carbocycles. The van der Waals surface area contributed by atoms with Crippen molar-refractivity contribution in [3.8, 4) is 5.75 Å². The van der Waals surface area contributed by atoms with Crippen molar-refractivity contribution in [2.24, 2.45) is 0 Å². The quantitative estimate of drug-likeness (QED) is 0.462. The first-order chi connectivity index (χ1) is 15.2. The molecule has 0 heterocycles. The van der Waals surface area contributed by atoms with Gasteiger partial charge in [0.1, 0.15) is 11.9 Å². The Kier molecular flexibility index (Phi) is 6.88. The summed E-state index contributed by atoms with van der Waals surface area (Å²) in [7, 11) is 1.67. The van der Waals surface area contributed by atoms with Crippen LogP contribution in [0, 0.1) is 0 Å². The van der Waals surface area contributed by atoms with Crippen LogP contribution < -0.4 is 4.74 Å². The smallest absolute Gasteiger partial charge is 0.255 e. The van der Waals surface area contributed by atoms with Gasteiger partial charge in [0.2, 0.25) is 0 Å². The Hall–Kier alpha value is -2.85. The minimum atomic E-state index is -0.00113. The summed E-state index contributed by atoms with van der Waals surface area (Å²) < 4.78 is 11.0. The van der Waals surface area contributed by atoms with Crippen molar-refractivity contribution in [1.82, 2.24) is 4.90 Å². The van der Waals surface area contributed by atoms with E-state index < -0.39 is 0 Å². The standard InChI is InChI=1S/C27H31NO3/c1-20(19-30-2)31-24-16-14-21(15-17-24)18-28(23-10-4-5-11-23)27(29)26-13-7-9-22-8-3-6-12-25(22)26/h3,6-9,12-17,20,23H,4-5,10-11,18-19H2,1-2H3/t20-/m0/s1. The number of hydrogen-bond donors (Lipinski definition) is 0. The summed E-state index contributed by atoms with van der Waals surface area (Å²) in [6.07, 6.45) is 4.53. The average molecular weight is 418 g/mol. The van der Waals surface area contributed by atoms with Crippen molar-refractivity contribution in [2.45, 2.75) is 51.3 Å². The zero-order chi connectivity index (χ0) is 21.6. The van der Waals surface area contributed by atoms with Gasteiger partial charge in [0, 0.05) is 25.3 Å². The first-order valence-electron chi connectivity index (χ1n) is 11.2. The molecule has 1 fully saturated rings. The molecule has 0 aliphatic heterocycles. The number of fused-ring (bicyclic) bond motifs is 1. The highest BCUT2D eigenvalue weighted by atomic mass is 16.5. The molecule has 0 aromatic heterocycles. The van der Waals surface area contributed by atoms with E-state index in [0.717, 1.165) is 40.5 Å². The zero-order valence-corrected chi connectivity index (χ0v) is 18.4. The number of rotatable bonds is 8. The molecule has 1 saturated carbocycles. The summed E-state index contributed by atoms with van der Waals surface area (Å²) in [5, 5.41) is 2.13. The van der Waals surface area contributed by atoms with Gasteiger partial charge in [-0.2, -0.15) is 0 Å². The highest BCUT2D eigenvalue weighted by Gasteiger charge is 2.28. The number of hydrogen-bond acceptors (Lipinski definition) is 3. The second kappa shape index (κ2) is 9.97. The molecule has 31 heavy (non-hydrogen) atoms. The van der Waals surface area contributed by atoms with Gasteiger partial charge in [0.05, 0.1) is 6.61 Å². The van der Waals surface area contributed by atoms with Crippen LogP contribution >= 0.6 is 0 Å². The highest BCUT2D eigenvalue weighted by molar-refractivity contribution is 6.07. The lowest BCUT2D eigenvalue weighted by Gasteiger charge is -2.30. The fraction of sp³-hybridized carbons (Fsp3) is 0.370. The third-order valence-corrected chi connectivity index (χ3v) is 6.06. The van der Waals surface area contributed by atoms with Crippen molar-refractivity contribution >= 4 is 16.7 Å². The minimum absolute atomic E-state index is 0.00113. The van der Waals surface area contributed by atoms with Gasteiger partial charge >= 0.3 is 0 Å². The van der Waals surface area contributed by atoms with Gasteiger partial charge in [-0.3, -0.25) is 4.79 Å².